The molecule has 0 rings (SSSR count). The van der Waals surface area contributed by atoms with Gasteiger partial charge in [-0.25, -0.2) is 4.39 Å². The van der Waals surface area contributed by atoms with E-state index in [1.54, 1.807) is 0 Å². The van der Waals surface area contributed by atoms with Crippen molar-refractivity contribution in [1.29, 1.82) is 0 Å². The fourth-order valence-electron chi connectivity index (χ4n) is 0.709. The summed E-state index contributed by atoms with van der Waals surface area (Å²) in [5.41, 5.74) is -6.31. The maximum absolute atomic E-state index is 11.7. The molecule has 0 aliphatic rings. The van der Waals surface area contributed by atoms with Gasteiger partial charge in [0.15, 0.2) is 0 Å². The molecule has 10 heteroatoms. The van der Waals surface area contributed by atoms with Crippen LogP contribution in [0.5, 0.6) is 0 Å². The summed E-state index contributed by atoms with van der Waals surface area (Å²) in [6, 6.07) is 0. The van der Waals surface area contributed by atoms with Gasteiger partial charge >= 0.3 is 18.5 Å². The average Bonchev–Trinajstić information content (AvgIpc) is 1.76. The summed E-state index contributed by atoms with van der Waals surface area (Å²) in [6.45, 7) is -3.64. The highest BCUT2D eigenvalue weighted by atomic mass is 19.4. The zero-order valence-corrected chi connectivity index (χ0v) is 6.49. The van der Waals surface area contributed by atoms with Crippen molar-refractivity contribution in [3.63, 3.8) is 0 Å². The highest BCUT2D eigenvalue weighted by Crippen LogP contribution is 2.59. The maximum Gasteiger partial charge on any atom is 0.414 e. The molecule has 0 saturated heterocycles. The SMILES string of the molecule is FCC(C(F)(F)F)(C(F)(F)F)C(F)(F)F. The first-order valence-corrected chi connectivity index (χ1v) is 3.07. The third-order valence-electron chi connectivity index (χ3n) is 1.65. The second-order valence-electron chi connectivity index (χ2n) is 2.53. The summed E-state index contributed by atoms with van der Waals surface area (Å²) in [5, 5.41) is 0. The minimum absolute atomic E-state index is 3.64. The van der Waals surface area contributed by atoms with Gasteiger partial charge in [0.05, 0.1) is 0 Å². The molecule has 0 fully saturated rings. The van der Waals surface area contributed by atoms with Crippen LogP contribution >= 0.6 is 0 Å². The van der Waals surface area contributed by atoms with E-state index in [0.717, 1.165) is 0 Å². The van der Waals surface area contributed by atoms with Crippen molar-refractivity contribution in [3.8, 4) is 0 Å². The molecule has 0 aliphatic carbocycles. The van der Waals surface area contributed by atoms with Crippen molar-refractivity contribution in [2.24, 2.45) is 5.41 Å². The number of hydrogen-bond acceptors (Lipinski definition) is 0. The molecule has 15 heavy (non-hydrogen) atoms. The molecule has 0 bridgehead atoms. The predicted molar refractivity (Wildman–Crippen MR) is 26.6 cm³/mol. The van der Waals surface area contributed by atoms with Crippen molar-refractivity contribution >= 4 is 0 Å². The van der Waals surface area contributed by atoms with Crippen LogP contribution in [0.3, 0.4) is 0 Å². The molecule has 0 saturated carbocycles. The lowest BCUT2D eigenvalue weighted by Crippen LogP contribution is -2.61. The second kappa shape index (κ2) is 3.41. The molecule has 0 nitrogen and oxygen atoms in total. The van der Waals surface area contributed by atoms with Crippen LogP contribution in [0.4, 0.5) is 43.9 Å². The summed E-state index contributed by atoms with van der Waals surface area (Å²) in [5.74, 6) is 0. The Labute approximate surface area is 75.9 Å². The van der Waals surface area contributed by atoms with Crippen molar-refractivity contribution < 1.29 is 43.9 Å². The molecule has 0 radical (unpaired) electrons. The Kier molecular flexibility index (Phi) is 3.25. The zero-order valence-electron chi connectivity index (χ0n) is 6.49. The van der Waals surface area contributed by atoms with Crippen LogP contribution in [0.15, 0.2) is 0 Å². The van der Waals surface area contributed by atoms with Crippen LogP contribution in [0.1, 0.15) is 0 Å². The maximum atomic E-state index is 11.7. The number of rotatable bonds is 1. The molecule has 0 unspecified atom stereocenters. The Morgan fingerprint density at radius 1 is 0.533 bits per heavy atom. The summed E-state index contributed by atoms with van der Waals surface area (Å²) >= 11 is 0. The van der Waals surface area contributed by atoms with Crippen LogP contribution in [0.2, 0.25) is 0 Å². The molecule has 0 N–H and O–H groups in total. The van der Waals surface area contributed by atoms with Gasteiger partial charge in [-0.2, -0.15) is 39.5 Å². The van der Waals surface area contributed by atoms with Gasteiger partial charge < -0.3 is 0 Å². The topological polar surface area (TPSA) is 0 Å². The Bertz CT molecular complexity index is 179. The fraction of sp³-hybridized carbons (Fsp3) is 1.00. The lowest BCUT2D eigenvalue weighted by Gasteiger charge is -2.36. The van der Waals surface area contributed by atoms with Gasteiger partial charge in [-0.3, -0.25) is 0 Å². The second-order valence-corrected chi connectivity index (χ2v) is 2.53. The fourth-order valence-corrected chi connectivity index (χ4v) is 0.709. The highest BCUT2D eigenvalue weighted by molar-refractivity contribution is 4.98. The van der Waals surface area contributed by atoms with Gasteiger partial charge in [-0.05, 0) is 0 Å². The van der Waals surface area contributed by atoms with Gasteiger partial charge in [0, 0.05) is 0 Å². The molecular formula is C5H2F10. The molecular weight excluding hydrogens is 250 g/mol. The molecule has 0 heterocycles. The van der Waals surface area contributed by atoms with Crippen LogP contribution in [0.25, 0.3) is 0 Å². The molecule has 0 aromatic carbocycles. The number of alkyl halides is 10. The van der Waals surface area contributed by atoms with E-state index in [4.69, 9.17) is 0 Å². The quantitative estimate of drug-likeness (QED) is 0.625. The highest BCUT2D eigenvalue weighted by Gasteiger charge is 2.83. The average molecular weight is 252 g/mol. The minimum atomic E-state index is -6.79. The lowest BCUT2D eigenvalue weighted by atomic mass is 9.87. The largest absolute Gasteiger partial charge is 0.414 e. The summed E-state index contributed by atoms with van der Waals surface area (Å²) in [4.78, 5) is 0. The van der Waals surface area contributed by atoms with E-state index in [-0.39, 0.29) is 0 Å². The number of halogens is 10. The summed E-state index contributed by atoms with van der Waals surface area (Å²) < 4.78 is 117. The molecule has 0 aliphatic heterocycles. The van der Waals surface area contributed by atoms with E-state index in [1.165, 1.54) is 0 Å². The molecule has 0 aromatic heterocycles. The molecule has 92 valence electrons. The normalized spacial score (nSPS) is 15.6. The van der Waals surface area contributed by atoms with Crippen LogP contribution in [-0.4, -0.2) is 25.2 Å². The first-order valence-electron chi connectivity index (χ1n) is 3.07. The summed E-state index contributed by atoms with van der Waals surface area (Å²) in [6.07, 6.45) is -20.4. The Morgan fingerprint density at radius 2 is 0.733 bits per heavy atom. The van der Waals surface area contributed by atoms with E-state index < -0.39 is 30.6 Å². The standard InChI is InChI=1S/C5H2F10/c6-1-2(3(7,8)9,4(10,11)12)5(13,14)15/h1H2. The van der Waals surface area contributed by atoms with Crippen LogP contribution < -0.4 is 0 Å². The lowest BCUT2D eigenvalue weighted by molar-refractivity contribution is -0.429. The molecule has 0 aromatic rings. The minimum Gasteiger partial charge on any atom is -0.249 e. The predicted octanol–water partition coefficient (Wildman–Crippen LogP) is 3.63. The molecule has 0 amide bonds. The van der Waals surface area contributed by atoms with Crippen LogP contribution in [-0.2, 0) is 0 Å². The Balaban J connectivity index is 5.78. The third kappa shape index (κ3) is 1.98. The van der Waals surface area contributed by atoms with E-state index in [9.17, 15) is 43.9 Å². The van der Waals surface area contributed by atoms with Gasteiger partial charge in [0.25, 0.3) is 5.41 Å². The monoisotopic (exact) mass is 252 g/mol. The first-order chi connectivity index (χ1) is 6.31. The van der Waals surface area contributed by atoms with E-state index in [0.29, 0.717) is 0 Å². The first kappa shape index (κ1) is 14.3. The third-order valence-corrected chi connectivity index (χ3v) is 1.65. The van der Waals surface area contributed by atoms with Crippen molar-refractivity contribution in [2.45, 2.75) is 18.5 Å². The molecule has 0 atom stereocenters. The van der Waals surface area contributed by atoms with Gasteiger partial charge in [0.1, 0.15) is 6.67 Å². The van der Waals surface area contributed by atoms with Crippen molar-refractivity contribution in [3.05, 3.63) is 0 Å². The molecule has 0 spiro atoms. The van der Waals surface area contributed by atoms with E-state index in [2.05, 4.69) is 0 Å². The smallest absolute Gasteiger partial charge is 0.249 e. The van der Waals surface area contributed by atoms with E-state index in [1.807, 2.05) is 0 Å². The summed E-state index contributed by atoms with van der Waals surface area (Å²) in [7, 11) is 0. The Hall–Kier alpha value is -0.700. The zero-order chi connectivity index (χ0) is 12.7. The van der Waals surface area contributed by atoms with Gasteiger partial charge in [0.2, 0.25) is 0 Å². The number of hydrogen-bond donors (Lipinski definition) is 0. The van der Waals surface area contributed by atoms with Crippen molar-refractivity contribution in [1.82, 2.24) is 0 Å². The van der Waals surface area contributed by atoms with Crippen LogP contribution in [0, 0.1) is 5.41 Å². The Morgan fingerprint density at radius 3 is 0.733 bits per heavy atom. The van der Waals surface area contributed by atoms with E-state index >= 15 is 0 Å². The van der Waals surface area contributed by atoms with Gasteiger partial charge in [-0.1, -0.05) is 0 Å². The van der Waals surface area contributed by atoms with Gasteiger partial charge in [-0.15, -0.1) is 0 Å². The van der Waals surface area contributed by atoms with Crippen molar-refractivity contribution in [2.75, 3.05) is 6.67 Å².